The second-order valence-electron chi connectivity index (χ2n) is 5.94. The molecular weight excluding hydrogens is 342 g/mol. The number of rotatable bonds is 9. The molecule has 0 spiro atoms. The fourth-order valence-corrected chi connectivity index (χ4v) is 4.24. The van der Waals surface area contributed by atoms with Gasteiger partial charge < -0.3 is 9.64 Å². The molecule has 1 N–H and O–H groups in total. The van der Waals surface area contributed by atoms with E-state index < -0.39 is 10.2 Å². The molecule has 1 atom stereocenters. The third-order valence-electron chi connectivity index (χ3n) is 4.26. The Bertz CT molecular complexity index is 672. The summed E-state index contributed by atoms with van der Waals surface area (Å²) in [7, 11) is -3.48. The molecule has 1 amide bonds. The second-order valence-corrected chi connectivity index (χ2v) is 7.69. The number of anilines is 1. The molecule has 7 nitrogen and oxygen atoms in total. The van der Waals surface area contributed by atoms with Gasteiger partial charge in [0.25, 0.3) is 10.2 Å². The lowest BCUT2D eigenvalue weighted by Crippen LogP contribution is -2.42. The maximum Gasteiger partial charge on any atom is 0.279 e. The van der Waals surface area contributed by atoms with E-state index in [9.17, 15) is 13.2 Å². The van der Waals surface area contributed by atoms with Crippen LogP contribution in [0.5, 0.6) is 5.75 Å². The molecule has 0 bridgehead atoms. The van der Waals surface area contributed by atoms with Gasteiger partial charge in [0.1, 0.15) is 5.75 Å². The molecule has 1 aromatic carbocycles. The first-order chi connectivity index (χ1) is 11.9. The number of carbonyl (C=O) groups is 1. The van der Waals surface area contributed by atoms with Crippen LogP contribution in [0.25, 0.3) is 0 Å². The van der Waals surface area contributed by atoms with Crippen LogP contribution in [0.3, 0.4) is 0 Å². The Morgan fingerprint density at radius 2 is 1.84 bits per heavy atom. The Hall–Kier alpha value is -1.64. The van der Waals surface area contributed by atoms with Crippen molar-refractivity contribution in [2.24, 2.45) is 5.92 Å². The van der Waals surface area contributed by atoms with Crippen molar-refractivity contribution in [1.82, 2.24) is 9.03 Å². The topological polar surface area (TPSA) is 79.0 Å². The van der Waals surface area contributed by atoms with Crippen molar-refractivity contribution in [1.29, 1.82) is 0 Å². The lowest BCUT2D eigenvalue weighted by molar-refractivity contribution is -0.117. The first kappa shape index (κ1) is 19.7. The van der Waals surface area contributed by atoms with Gasteiger partial charge in [-0.15, -0.1) is 0 Å². The molecule has 1 heterocycles. The van der Waals surface area contributed by atoms with Crippen LogP contribution in [0.4, 0.5) is 5.69 Å². The minimum Gasteiger partial charge on any atom is -0.494 e. The Morgan fingerprint density at radius 1 is 1.20 bits per heavy atom. The third kappa shape index (κ3) is 4.93. The molecule has 0 aliphatic carbocycles. The van der Waals surface area contributed by atoms with Gasteiger partial charge in [-0.05, 0) is 37.1 Å². The van der Waals surface area contributed by atoms with E-state index in [1.807, 2.05) is 31.2 Å². The van der Waals surface area contributed by atoms with E-state index in [0.717, 1.165) is 11.4 Å². The quantitative estimate of drug-likeness (QED) is 0.717. The van der Waals surface area contributed by atoms with E-state index in [4.69, 9.17) is 4.74 Å². The monoisotopic (exact) mass is 369 g/mol. The normalized spacial score (nSPS) is 18.2. The van der Waals surface area contributed by atoms with Crippen LogP contribution < -0.4 is 14.4 Å². The van der Waals surface area contributed by atoms with Crippen molar-refractivity contribution < 1.29 is 17.9 Å². The van der Waals surface area contributed by atoms with Gasteiger partial charge in [-0.25, -0.2) is 4.72 Å². The predicted molar refractivity (Wildman–Crippen MR) is 97.9 cm³/mol. The average Bonchev–Trinajstić information content (AvgIpc) is 2.96. The summed E-state index contributed by atoms with van der Waals surface area (Å²) < 4.78 is 33.8. The molecule has 8 heteroatoms. The zero-order valence-corrected chi connectivity index (χ0v) is 15.9. The maximum absolute atomic E-state index is 12.3. The van der Waals surface area contributed by atoms with Crippen LogP contribution >= 0.6 is 0 Å². The fraction of sp³-hybridized carbons (Fsp3) is 0.588. The summed E-state index contributed by atoms with van der Waals surface area (Å²) in [6, 6.07) is 7.38. The minimum absolute atomic E-state index is 0.0104. The van der Waals surface area contributed by atoms with E-state index >= 15 is 0 Å². The smallest absolute Gasteiger partial charge is 0.279 e. The first-order valence-corrected chi connectivity index (χ1v) is 10.1. The van der Waals surface area contributed by atoms with E-state index in [-0.39, 0.29) is 18.4 Å². The summed E-state index contributed by atoms with van der Waals surface area (Å²) in [4.78, 5) is 14.0. The van der Waals surface area contributed by atoms with Crippen molar-refractivity contribution in [2.45, 2.75) is 27.2 Å². The largest absolute Gasteiger partial charge is 0.494 e. The van der Waals surface area contributed by atoms with Gasteiger partial charge in [0.2, 0.25) is 5.91 Å². The van der Waals surface area contributed by atoms with Crippen LogP contribution in [0, 0.1) is 5.92 Å². The number of ether oxygens (including phenoxy) is 1. The van der Waals surface area contributed by atoms with E-state index in [2.05, 4.69) is 4.72 Å². The summed E-state index contributed by atoms with van der Waals surface area (Å²) >= 11 is 0. The Balaban J connectivity index is 1.96. The highest BCUT2D eigenvalue weighted by atomic mass is 32.2. The van der Waals surface area contributed by atoms with Gasteiger partial charge in [0.15, 0.2) is 0 Å². The Labute approximate surface area is 150 Å². The minimum atomic E-state index is -3.48. The summed E-state index contributed by atoms with van der Waals surface area (Å²) in [6.45, 7) is 7.73. The van der Waals surface area contributed by atoms with Crippen molar-refractivity contribution in [3.05, 3.63) is 24.3 Å². The van der Waals surface area contributed by atoms with Crippen molar-refractivity contribution in [3.63, 3.8) is 0 Å². The van der Waals surface area contributed by atoms with Crippen LogP contribution in [0.15, 0.2) is 24.3 Å². The number of carbonyl (C=O) groups excluding carboxylic acids is 1. The highest BCUT2D eigenvalue weighted by molar-refractivity contribution is 7.87. The zero-order chi connectivity index (χ0) is 18.4. The molecular formula is C17H27N3O4S. The maximum atomic E-state index is 12.3. The molecule has 140 valence electrons. The SMILES string of the molecule is CCOc1ccc(N2CC(CNS(=O)(=O)N(CC)CC)CC2=O)cc1. The van der Waals surface area contributed by atoms with E-state index in [0.29, 0.717) is 32.7 Å². The molecule has 1 aliphatic rings. The molecule has 1 fully saturated rings. The van der Waals surface area contributed by atoms with Crippen molar-refractivity contribution in [2.75, 3.05) is 37.7 Å². The fourth-order valence-electron chi connectivity index (χ4n) is 2.93. The summed E-state index contributed by atoms with van der Waals surface area (Å²) in [5.74, 6) is 0.738. The van der Waals surface area contributed by atoms with Crippen LogP contribution in [-0.2, 0) is 15.0 Å². The molecule has 0 radical (unpaired) electrons. The van der Waals surface area contributed by atoms with Gasteiger partial charge in [0.05, 0.1) is 6.61 Å². The molecule has 0 saturated carbocycles. The summed E-state index contributed by atoms with van der Waals surface area (Å²) in [5, 5.41) is 0. The zero-order valence-electron chi connectivity index (χ0n) is 15.1. The number of nitrogens with one attached hydrogen (secondary N) is 1. The summed E-state index contributed by atoms with van der Waals surface area (Å²) in [6.07, 6.45) is 0.341. The Kier molecular flexibility index (Phi) is 6.80. The number of hydrogen-bond acceptors (Lipinski definition) is 4. The van der Waals surface area contributed by atoms with Crippen molar-refractivity contribution >= 4 is 21.8 Å². The van der Waals surface area contributed by atoms with Gasteiger partial charge in [-0.3, -0.25) is 4.79 Å². The first-order valence-electron chi connectivity index (χ1n) is 8.69. The lowest BCUT2D eigenvalue weighted by atomic mass is 10.1. The molecule has 1 aromatic rings. The van der Waals surface area contributed by atoms with E-state index in [1.165, 1.54) is 4.31 Å². The lowest BCUT2D eigenvalue weighted by Gasteiger charge is -2.20. The van der Waals surface area contributed by atoms with Gasteiger partial charge in [-0.1, -0.05) is 13.8 Å². The summed E-state index contributed by atoms with van der Waals surface area (Å²) in [5.41, 5.74) is 0.808. The van der Waals surface area contributed by atoms with Crippen LogP contribution in [0.2, 0.25) is 0 Å². The van der Waals surface area contributed by atoms with Gasteiger partial charge in [0, 0.05) is 38.3 Å². The predicted octanol–water partition coefficient (Wildman–Crippen LogP) is 1.61. The number of hydrogen-bond donors (Lipinski definition) is 1. The van der Waals surface area contributed by atoms with Crippen LogP contribution in [-0.4, -0.2) is 51.4 Å². The van der Waals surface area contributed by atoms with Crippen molar-refractivity contribution in [3.8, 4) is 5.75 Å². The number of nitrogens with zero attached hydrogens (tertiary/aromatic N) is 2. The highest BCUT2D eigenvalue weighted by Crippen LogP contribution is 2.26. The molecule has 1 saturated heterocycles. The highest BCUT2D eigenvalue weighted by Gasteiger charge is 2.32. The van der Waals surface area contributed by atoms with Crippen LogP contribution in [0.1, 0.15) is 27.2 Å². The molecule has 0 aromatic heterocycles. The second kappa shape index (κ2) is 8.64. The Morgan fingerprint density at radius 3 is 2.40 bits per heavy atom. The average molecular weight is 369 g/mol. The molecule has 1 unspecified atom stereocenters. The molecule has 2 rings (SSSR count). The molecule has 1 aliphatic heterocycles. The third-order valence-corrected chi connectivity index (χ3v) is 5.99. The van der Waals surface area contributed by atoms with Gasteiger partial charge >= 0.3 is 0 Å². The molecule has 25 heavy (non-hydrogen) atoms. The number of amides is 1. The number of benzene rings is 1. The standard InChI is InChI=1S/C17H27N3O4S/c1-4-19(5-2)25(22,23)18-12-14-11-17(21)20(13-14)15-7-9-16(10-8-15)24-6-3/h7-10,14,18H,4-6,11-13H2,1-3H3. The van der Waals surface area contributed by atoms with E-state index in [1.54, 1.807) is 18.7 Å². The van der Waals surface area contributed by atoms with Gasteiger partial charge in [-0.2, -0.15) is 12.7 Å².